The molecule has 0 heterocycles. The van der Waals surface area contributed by atoms with Crippen molar-refractivity contribution in [2.45, 2.75) is 26.1 Å². The molecule has 0 radical (unpaired) electrons. The lowest BCUT2D eigenvalue weighted by atomic mass is 10.1. The Bertz CT molecular complexity index is 1330. The van der Waals surface area contributed by atoms with Crippen LogP contribution in [0.25, 0.3) is 0 Å². The molecule has 0 aliphatic rings. The molecule has 0 aliphatic carbocycles. The summed E-state index contributed by atoms with van der Waals surface area (Å²) in [4.78, 5) is 50.9. The number of hydrogen-bond acceptors (Lipinski definition) is 6. The number of hydrogen-bond donors (Lipinski definition) is 2. The Morgan fingerprint density at radius 1 is 0.778 bits per heavy atom. The lowest BCUT2D eigenvalue weighted by Gasteiger charge is -2.24. The Balaban J connectivity index is 1.96. The third-order valence-corrected chi connectivity index (χ3v) is 5.73. The minimum atomic E-state index is -2.20. The van der Waals surface area contributed by atoms with Crippen LogP contribution in [0.15, 0.2) is 66.7 Å². The van der Waals surface area contributed by atoms with Crippen molar-refractivity contribution >= 4 is 52.7 Å². The summed E-state index contributed by atoms with van der Waals surface area (Å²) in [5.41, 5.74) is 1.73. The van der Waals surface area contributed by atoms with Crippen molar-refractivity contribution in [3.05, 3.63) is 99.0 Å². The van der Waals surface area contributed by atoms with Gasteiger partial charge < -0.3 is 19.9 Å². The largest absolute Gasteiger partial charge is 0.478 e. The summed E-state index contributed by atoms with van der Waals surface area (Å²) in [5, 5.41) is 12.4. The first-order chi connectivity index (χ1) is 17.1. The van der Waals surface area contributed by atoms with Crippen molar-refractivity contribution in [1.82, 2.24) is 0 Å². The summed E-state index contributed by atoms with van der Waals surface area (Å²) >= 11 is 12.1. The number of benzene rings is 3. The third-order valence-electron chi connectivity index (χ3n) is 5.07. The molecule has 0 aromatic heterocycles. The van der Waals surface area contributed by atoms with E-state index in [1.54, 1.807) is 37.3 Å². The molecule has 0 aliphatic heterocycles. The molecule has 3 aromatic rings. The van der Waals surface area contributed by atoms with E-state index in [9.17, 15) is 24.3 Å². The monoisotopic (exact) mass is 529 g/mol. The van der Waals surface area contributed by atoms with Crippen LogP contribution >= 0.6 is 23.2 Å². The molecule has 0 saturated heterocycles. The number of rotatable bonds is 8. The smallest absolute Gasteiger partial charge is 0.349 e. The lowest BCUT2D eigenvalue weighted by molar-refractivity contribution is -0.157. The van der Waals surface area contributed by atoms with Gasteiger partial charge in [-0.25, -0.2) is 14.4 Å². The van der Waals surface area contributed by atoms with Gasteiger partial charge in [-0.15, -0.1) is 0 Å². The predicted molar refractivity (Wildman–Crippen MR) is 133 cm³/mol. The summed E-state index contributed by atoms with van der Waals surface area (Å²) in [6, 6.07) is 16.8. The van der Waals surface area contributed by atoms with Gasteiger partial charge in [-0.05, 0) is 49.7 Å². The van der Waals surface area contributed by atoms with E-state index in [0.717, 1.165) is 5.56 Å². The SMILES string of the molecule is Cc1ccc(NC(=O)[C@@H](OC(=O)c2ccccc2Cl)[C@H](OC(=O)c2ccccc2Cl)C(=O)O)c(C)c1. The van der Waals surface area contributed by atoms with Gasteiger partial charge >= 0.3 is 17.9 Å². The van der Waals surface area contributed by atoms with E-state index in [4.69, 9.17) is 32.7 Å². The van der Waals surface area contributed by atoms with E-state index in [-0.39, 0.29) is 21.2 Å². The van der Waals surface area contributed by atoms with E-state index in [2.05, 4.69) is 5.32 Å². The summed E-state index contributed by atoms with van der Waals surface area (Å²) in [6.07, 6.45) is -4.27. The molecule has 0 bridgehead atoms. The predicted octanol–water partition coefficient (Wildman–Crippen LogP) is 5.08. The molecular formula is C26H21Cl2NO7. The second kappa shape index (κ2) is 11.7. The van der Waals surface area contributed by atoms with Crippen LogP contribution in [0.5, 0.6) is 0 Å². The molecule has 3 aromatic carbocycles. The quantitative estimate of drug-likeness (QED) is 0.390. The van der Waals surface area contributed by atoms with E-state index < -0.39 is 36.0 Å². The molecule has 8 nitrogen and oxygen atoms in total. The number of aryl methyl sites for hydroxylation is 2. The Morgan fingerprint density at radius 3 is 1.75 bits per heavy atom. The van der Waals surface area contributed by atoms with Gasteiger partial charge in [-0.1, -0.05) is 65.2 Å². The number of carbonyl (C=O) groups is 4. The van der Waals surface area contributed by atoms with Crippen molar-refractivity contribution in [3.8, 4) is 0 Å². The third kappa shape index (κ3) is 6.41. The topological polar surface area (TPSA) is 119 Å². The van der Waals surface area contributed by atoms with Crippen molar-refractivity contribution < 1.29 is 33.8 Å². The Morgan fingerprint density at radius 2 is 1.28 bits per heavy atom. The molecule has 2 atom stereocenters. The van der Waals surface area contributed by atoms with Crippen LogP contribution in [-0.2, 0) is 19.1 Å². The van der Waals surface area contributed by atoms with Gasteiger partial charge in [0, 0.05) is 5.69 Å². The van der Waals surface area contributed by atoms with Gasteiger partial charge in [0.1, 0.15) is 0 Å². The van der Waals surface area contributed by atoms with Gasteiger partial charge in [0.25, 0.3) is 5.91 Å². The van der Waals surface area contributed by atoms with Crippen LogP contribution in [-0.4, -0.2) is 41.1 Å². The Hall–Kier alpha value is -3.88. The summed E-state index contributed by atoms with van der Waals surface area (Å²) in [6.45, 7) is 3.60. The van der Waals surface area contributed by atoms with E-state index >= 15 is 0 Å². The lowest BCUT2D eigenvalue weighted by Crippen LogP contribution is -2.48. The fourth-order valence-electron chi connectivity index (χ4n) is 3.26. The van der Waals surface area contributed by atoms with Gasteiger partial charge in [-0.2, -0.15) is 0 Å². The fraction of sp³-hybridized carbons (Fsp3) is 0.154. The molecule has 3 rings (SSSR count). The maximum atomic E-state index is 13.2. The fourth-order valence-corrected chi connectivity index (χ4v) is 3.69. The molecule has 0 unspecified atom stereocenters. The molecular weight excluding hydrogens is 509 g/mol. The van der Waals surface area contributed by atoms with E-state index in [1.165, 1.54) is 36.4 Å². The number of esters is 2. The molecule has 36 heavy (non-hydrogen) atoms. The number of halogens is 2. The summed E-state index contributed by atoms with van der Waals surface area (Å²) in [7, 11) is 0. The standard InChI is InChI=1S/C26H21Cl2NO7/c1-14-11-12-20(15(2)13-14)29-23(30)21(35-25(33)16-7-3-5-9-18(16)27)22(24(31)32)36-26(34)17-8-4-6-10-19(17)28/h3-13,21-22H,1-2H3,(H,29,30)(H,31,32)/t21-,22-/m0/s1. The minimum absolute atomic E-state index is 0.0102. The average Bonchev–Trinajstić information content (AvgIpc) is 2.83. The number of carboxylic acid groups (broad SMARTS) is 1. The number of ether oxygens (including phenoxy) is 2. The number of nitrogens with one attached hydrogen (secondary N) is 1. The highest BCUT2D eigenvalue weighted by atomic mass is 35.5. The molecule has 10 heteroatoms. The zero-order valence-corrected chi connectivity index (χ0v) is 20.7. The highest BCUT2D eigenvalue weighted by Gasteiger charge is 2.41. The zero-order valence-electron chi connectivity index (χ0n) is 19.2. The maximum Gasteiger partial charge on any atom is 0.349 e. The second-order valence-corrected chi connectivity index (χ2v) is 8.57. The van der Waals surface area contributed by atoms with Crippen molar-refractivity contribution in [3.63, 3.8) is 0 Å². The zero-order chi connectivity index (χ0) is 26.4. The Labute approximate surface area is 216 Å². The van der Waals surface area contributed by atoms with Gasteiger partial charge in [0.15, 0.2) is 0 Å². The number of amides is 1. The highest BCUT2D eigenvalue weighted by Crippen LogP contribution is 2.22. The van der Waals surface area contributed by atoms with Crippen LogP contribution < -0.4 is 5.32 Å². The van der Waals surface area contributed by atoms with E-state index in [1.807, 2.05) is 6.92 Å². The van der Waals surface area contributed by atoms with Crippen LogP contribution in [0.4, 0.5) is 5.69 Å². The minimum Gasteiger partial charge on any atom is -0.478 e. The first-order valence-electron chi connectivity index (χ1n) is 10.6. The normalized spacial score (nSPS) is 12.2. The van der Waals surface area contributed by atoms with Gasteiger partial charge in [-0.3, -0.25) is 4.79 Å². The van der Waals surface area contributed by atoms with E-state index in [0.29, 0.717) is 11.3 Å². The molecule has 0 spiro atoms. The first-order valence-corrected chi connectivity index (χ1v) is 11.4. The molecule has 1 amide bonds. The van der Waals surface area contributed by atoms with Crippen molar-refractivity contribution in [2.75, 3.05) is 5.32 Å². The van der Waals surface area contributed by atoms with Crippen LogP contribution in [0.1, 0.15) is 31.8 Å². The molecule has 0 saturated carbocycles. The molecule has 0 fully saturated rings. The van der Waals surface area contributed by atoms with Crippen LogP contribution in [0.3, 0.4) is 0 Å². The number of anilines is 1. The number of carboxylic acids is 1. The Kier molecular flexibility index (Phi) is 8.68. The van der Waals surface area contributed by atoms with Crippen molar-refractivity contribution in [1.29, 1.82) is 0 Å². The maximum absolute atomic E-state index is 13.2. The second-order valence-electron chi connectivity index (χ2n) is 7.76. The molecule has 2 N–H and O–H groups in total. The molecule has 186 valence electrons. The van der Waals surface area contributed by atoms with Gasteiger partial charge in [0.2, 0.25) is 12.2 Å². The number of aliphatic carboxylic acids is 1. The highest BCUT2D eigenvalue weighted by molar-refractivity contribution is 6.34. The summed E-state index contributed by atoms with van der Waals surface area (Å²) in [5.74, 6) is -4.95. The average molecular weight is 530 g/mol. The number of carbonyl (C=O) groups excluding carboxylic acids is 3. The van der Waals surface area contributed by atoms with Crippen molar-refractivity contribution in [2.24, 2.45) is 0 Å². The van der Waals surface area contributed by atoms with Gasteiger partial charge in [0.05, 0.1) is 21.2 Å². The summed E-state index contributed by atoms with van der Waals surface area (Å²) < 4.78 is 10.4. The first kappa shape index (κ1) is 26.7. The van der Waals surface area contributed by atoms with Crippen LogP contribution in [0.2, 0.25) is 10.0 Å². The van der Waals surface area contributed by atoms with Crippen LogP contribution in [0, 0.1) is 13.8 Å².